The van der Waals surface area contributed by atoms with Gasteiger partial charge in [0.1, 0.15) is 5.75 Å². The smallest absolute Gasteiger partial charge is 0.262 e. The third-order valence-corrected chi connectivity index (χ3v) is 7.56. The van der Waals surface area contributed by atoms with Crippen molar-refractivity contribution in [1.82, 2.24) is 13.9 Å². The molecule has 10 heteroatoms. The van der Waals surface area contributed by atoms with Gasteiger partial charge in [-0.1, -0.05) is 23.9 Å². The second-order valence-corrected chi connectivity index (χ2v) is 10.6. The summed E-state index contributed by atoms with van der Waals surface area (Å²) in [7, 11) is 1.11. The van der Waals surface area contributed by atoms with Crippen molar-refractivity contribution in [3.63, 3.8) is 0 Å². The fraction of sp³-hybridized carbons (Fsp3) is 0.364. The summed E-state index contributed by atoms with van der Waals surface area (Å²) in [6.45, 7) is 2.68. The van der Waals surface area contributed by atoms with E-state index >= 15 is 0 Å². The van der Waals surface area contributed by atoms with Gasteiger partial charge in [0.25, 0.3) is 5.56 Å². The van der Waals surface area contributed by atoms with E-state index in [1.165, 1.54) is 42.3 Å². The van der Waals surface area contributed by atoms with E-state index in [2.05, 4.69) is 4.98 Å². The Kier molecular flexibility index (Phi) is 7.94. The molecule has 2 aromatic carbocycles. The molecule has 0 radical (unpaired) electrons. The Morgan fingerprint density at radius 1 is 1.12 bits per heavy atom. The van der Waals surface area contributed by atoms with Crippen LogP contribution in [0.3, 0.4) is 0 Å². The Hall–Kier alpha value is -2.40. The minimum atomic E-state index is -3.47. The van der Waals surface area contributed by atoms with E-state index in [1.807, 2.05) is 25.1 Å². The molecule has 0 unspecified atom stereocenters. The zero-order valence-electron chi connectivity index (χ0n) is 18.5. The van der Waals surface area contributed by atoms with Gasteiger partial charge in [0.05, 0.1) is 35.1 Å². The summed E-state index contributed by atoms with van der Waals surface area (Å²) >= 11 is 1.43. The first-order chi connectivity index (χ1) is 15.3. The topological polar surface area (TPSA) is 90.7 Å². The third-order valence-electron chi connectivity index (χ3n) is 4.81. The van der Waals surface area contributed by atoms with E-state index in [0.717, 1.165) is 0 Å². The van der Waals surface area contributed by atoms with Gasteiger partial charge in [-0.3, -0.25) is 9.36 Å². The predicted octanol–water partition coefficient (Wildman–Crippen LogP) is 3.03. The number of para-hydroxylation sites is 1. The van der Waals surface area contributed by atoms with Crippen LogP contribution in [0.15, 0.2) is 63.4 Å². The molecule has 8 nitrogen and oxygen atoms in total. The van der Waals surface area contributed by atoms with E-state index in [4.69, 9.17) is 9.47 Å². The van der Waals surface area contributed by atoms with Crippen molar-refractivity contribution >= 4 is 32.7 Å². The minimum absolute atomic E-state index is 0.0961. The van der Waals surface area contributed by atoms with Crippen molar-refractivity contribution < 1.29 is 17.9 Å². The number of hydrogen-bond acceptors (Lipinski definition) is 7. The van der Waals surface area contributed by atoms with Crippen molar-refractivity contribution in [2.45, 2.75) is 23.0 Å². The zero-order chi connectivity index (χ0) is 23.3. The highest BCUT2D eigenvalue weighted by Gasteiger charge is 2.18. The summed E-state index contributed by atoms with van der Waals surface area (Å²) in [5.41, 5.74) is 0.556. The van der Waals surface area contributed by atoms with Crippen LogP contribution in [0.2, 0.25) is 0 Å². The van der Waals surface area contributed by atoms with Gasteiger partial charge in [-0.05, 0) is 43.3 Å². The first-order valence-electron chi connectivity index (χ1n) is 10.0. The Morgan fingerprint density at radius 3 is 2.47 bits per heavy atom. The first kappa shape index (κ1) is 24.2. The van der Waals surface area contributed by atoms with E-state index in [1.54, 1.807) is 29.9 Å². The first-order valence-corrected chi connectivity index (χ1v) is 12.5. The number of fused-ring (bicyclic) bond motifs is 1. The normalized spacial score (nSPS) is 12.9. The standard InChI is InChI=1S/C22H27N3O5S2/c1-16(15-29-4)25-21(26)19-7-5-6-8-20(19)23-22(25)31-14-13-30-17-9-11-18(12-10-17)32(27,28)24(2)3/h5-12,16H,13-15H2,1-4H3/t16-/m0/s1. The number of methoxy groups -OCH3 is 1. The number of hydrogen-bond donors (Lipinski definition) is 0. The molecular formula is C22H27N3O5S2. The van der Waals surface area contributed by atoms with Gasteiger partial charge in [-0.2, -0.15) is 0 Å². The minimum Gasteiger partial charge on any atom is -0.493 e. The Morgan fingerprint density at radius 2 is 1.81 bits per heavy atom. The number of aromatic nitrogens is 2. The SMILES string of the molecule is COC[C@H](C)n1c(SCCOc2ccc(S(=O)(=O)N(C)C)cc2)nc2ccccc2c1=O. The monoisotopic (exact) mass is 477 g/mol. The lowest BCUT2D eigenvalue weighted by Gasteiger charge is -2.19. The lowest BCUT2D eigenvalue weighted by atomic mass is 10.2. The number of ether oxygens (including phenoxy) is 2. The molecular weight excluding hydrogens is 450 g/mol. The highest BCUT2D eigenvalue weighted by atomic mass is 32.2. The van der Waals surface area contributed by atoms with Gasteiger partial charge in [0, 0.05) is 27.0 Å². The van der Waals surface area contributed by atoms with Crippen LogP contribution in [-0.4, -0.2) is 62.4 Å². The Bertz CT molecular complexity index is 1220. The molecule has 0 saturated heterocycles. The summed E-state index contributed by atoms with van der Waals surface area (Å²) in [6.07, 6.45) is 0. The third kappa shape index (κ3) is 5.32. The average Bonchev–Trinajstić information content (AvgIpc) is 2.77. The maximum absolute atomic E-state index is 13.1. The summed E-state index contributed by atoms with van der Waals surface area (Å²) in [5.74, 6) is 1.13. The molecule has 0 saturated carbocycles. The molecule has 172 valence electrons. The molecule has 0 spiro atoms. The average molecular weight is 478 g/mol. The Balaban J connectivity index is 1.71. The van der Waals surface area contributed by atoms with Crippen molar-refractivity contribution in [3.8, 4) is 5.75 Å². The van der Waals surface area contributed by atoms with Crippen LogP contribution in [0.25, 0.3) is 10.9 Å². The molecule has 1 heterocycles. The maximum atomic E-state index is 13.1. The lowest BCUT2D eigenvalue weighted by molar-refractivity contribution is 0.156. The van der Waals surface area contributed by atoms with Crippen molar-refractivity contribution in [2.24, 2.45) is 0 Å². The number of sulfonamides is 1. The van der Waals surface area contributed by atoms with Gasteiger partial charge in [-0.15, -0.1) is 0 Å². The molecule has 0 aliphatic carbocycles. The van der Waals surface area contributed by atoms with Crippen molar-refractivity contribution in [1.29, 1.82) is 0 Å². The second kappa shape index (κ2) is 10.5. The van der Waals surface area contributed by atoms with Gasteiger partial charge in [-0.25, -0.2) is 17.7 Å². The van der Waals surface area contributed by atoms with Crippen LogP contribution < -0.4 is 10.3 Å². The Labute approximate surface area is 192 Å². The van der Waals surface area contributed by atoms with E-state index in [9.17, 15) is 13.2 Å². The predicted molar refractivity (Wildman–Crippen MR) is 126 cm³/mol. The van der Waals surface area contributed by atoms with Gasteiger partial charge < -0.3 is 9.47 Å². The molecule has 32 heavy (non-hydrogen) atoms. The summed E-state index contributed by atoms with van der Waals surface area (Å²) in [4.78, 5) is 17.9. The molecule has 3 rings (SSSR count). The molecule has 0 aliphatic rings. The van der Waals surface area contributed by atoms with E-state index < -0.39 is 10.0 Å². The van der Waals surface area contributed by atoms with E-state index in [0.29, 0.717) is 40.8 Å². The van der Waals surface area contributed by atoms with Gasteiger partial charge in [0.2, 0.25) is 10.0 Å². The van der Waals surface area contributed by atoms with Crippen molar-refractivity contribution in [2.75, 3.05) is 40.2 Å². The fourth-order valence-electron chi connectivity index (χ4n) is 3.14. The quantitative estimate of drug-likeness (QED) is 0.252. The van der Waals surface area contributed by atoms with Crippen LogP contribution in [0.1, 0.15) is 13.0 Å². The summed E-state index contributed by atoms with van der Waals surface area (Å²) in [5, 5.41) is 1.18. The van der Waals surface area contributed by atoms with Crippen LogP contribution in [-0.2, 0) is 14.8 Å². The van der Waals surface area contributed by atoms with Crippen LogP contribution in [0.4, 0.5) is 0 Å². The van der Waals surface area contributed by atoms with Crippen molar-refractivity contribution in [3.05, 3.63) is 58.9 Å². The molecule has 0 amide bonds. The number of thioether (sulfide) groups is 1. The molecule has 0 aliphatic heterocycles. The second-order valence-electron chi connectivity index (χ2n) is 7.35. The highest BCUT2D eigenvalue weighted by molar-refractivity contribution is 7.99. The largest absolute Gasteiger partial charge is 0.493 e. The zero-order valence-corrected chi connectivity index (χ0v) is 20.1. The molecule has 0 bridgehead atoms. The van der Waals surface area contributed by atoms with Crippen LogP contribution in [0.5, 0.6) is 5.75 Å². The number of rotatable bonds is 10. The molecule has 0 fully saturated rings. The lowest BCUT2D eigenvalue weighted by Crippen LogP contribution is -2.28. The number of benzene rings is 2. The van der Waals surface area contributed by atoms with Gasteiger partial charge in [0.15, 0.2) is 5.16 Å². The summed E-state index contributed by atoms with van der Waals surface area (Å²) < 4.78 is 38.1. The fourth-order valence-corrected chi connectivity index (χ4v) is 4.96. The van der Waals surface area contributed by atoms with E-state index in [-0.39, 0.29) is 16.5 Å². The molecule has 1 aromatic heterocycles. The van der Waals surface area contributed by atoms with Crippen LogP contribution >= 0.6 is 11.8 Å². The molecule has 1 atom stereocenters. The molecule has 3 aromatic rings. The highest BCUT2D eigenvalue weighted by Crippen LogP contribution is 2.22. The maximum Gasteiger partial charge on any atom is 0.262 e. The van der Waals surface area contributed by atoms with Crippen LogP contribution in [0, 0.1) is 0 Å². The summed E-state index contributed by atoms with van der Waals surface area (Å²) in [6, 6.07) is 13.4. The number of nitrogens with zero attached hydrogens (tertiary/aromatic N) is 3. The molecule has 0 N–H and O–H groups in total. The van der Waals surface area contributed by atoms with Gasteiger partial charge >= 0.3 is 0 Å².